The van der Waals surface area contributed by atoms with Gasteiger partial charge in [-0.05, 0) is 12.1 Å². The molecule has 1 unspecified atom stereocenters. The van der Waals surface area contributed by atoms with Crippen molar-refractivity contribution in [3.05, 3.63) is 23.9 Å². The smallest absolute Gasteiger partial charge is 0.433 e. The van der Waals surface area contributed by atoms with Gasteiger partial charge in [0.2, 0.25) is 5.91 Å². The lowest BCUT2D eigenvalue weighted by Crippen LogP contribution is -2.41. The third kappa shape index (κ3) is 5.08. The summed E-state index contributed by atoms with van der Waals surface area (Å²) >= 11 is 0.822. The molecule has 0 aliphatic heterocycles. The number of halogens is 3. The molecule has 1 heterocycles. The summed E-state index contributed by atoms with van der Waals surface area (Å²) < 4.78 is 37.3. The van der Waals surface area contributed by atoms with Crippen LogP contribution in [0.5, 0.6) is 0 Å². The van der Waals surface area contributed by atoms with Crippen molar-refractivity contribution in [1.29, 1.82) is 0 Å². The number of hydrogen-bond acceptors (Lipinski definition) is 4. The molecular formula is C11H11F3N2O3S. The highest BCUT2D eigenvalue weighted by Gasteiger charge is 2.32. The number of rotatable bonds is 5. The van der Waals surface area contributed by atoms with Crippen LogP contribution >= 0.6 is 11.8 Å². The van der Waals surface area contributed by atoms with Crippen LogP contribution in [0.1, 0.15) is 12.6 Å². The van der Waals surface area contributed by atoms with Crippen LogP contribution in [0.2, 0.25) is 0 Å². The number of carbonyl (C=O) groups is 2. The molecule has 110 valence electrons. The van der Waals surface area contributed by atoms with Crippen LogP contribution in [-0.4, -0.2) is 33.8 Å². The fourth-order valence-electron chi connectivity index (χ4n) is 1.24. The molecule has 9 heteroatoms. The summed E-state index contributed by atoms with van der Waals surface area (Å²) in [6.45, 7) is 1.16. The molecule has 0 bridgehead atoms. The second-order valence-corrected chi connectivity index (χ2v) is 4.80. The van der Waals surface area contributed by atoms with Crippen LogP contribution in [-0.2, 0) is 15.8 Å². The molecule has 0 fully saturated rings. The van der Waals surface area contributed by atoms with Gasteiger partial charge in [0.1, 0.15) is 11.7 Å². The molecule has 1 rings (SSSR count). The maximum Gasteiger partial charge on any atom is 0.433 e. The Labute approximate surface area is 116 Å². The average molecular weight is 308 g/mol. The number of amides is 1. The highest BCUT2D eigenvalue weighted by Crippen LogP contribution is 2.29. The highest BCUT2D eigenvalue weighted by molar-refractivity contribution is 7.99. The standard InChI is InChI=1S/C11H11F3N2O3S/c1-6(17)15-7(10(18)19)5-20-9-4-2-3-8(16-9)11(12,13)14/h2-4,7H,5H2,1H3,(H,15,17)(H,18,19). The van der Waals surface area contributed by atoms with E-state index in [9.17, 15) is 22.8 Å². The number of aliphatic carboxylic acids is 1. The molecule has 5 nitrogen and oxygen atoms in total. The normalized spacial score (nSPS) is 12.8. The summed E-state index contributed by atoms with van der Waals surface area (Å²) in [6.07, 6.45) is -4.56. The third-order valence-corrected chi connectivity index (χ3v) is 3.11. The van der Waals surface area contributed by atoms with Crippen molar-refractivity contribution >= 4 is 23.6 Å². The molecule has 1 amide bonds. The van der Waals surface area contributed by atoms with Gasteiger partial charge in [0.05, 0.1) is 5.03 Å². The fraction of sp³-hybridized carbons (Fsp3) is 0.364. The summed E-state index contributed by atoms with van der Waals surface area (Å²) in [5.74, 6) is -1.92. The first-order chi connectivity index (χ1) is 9.20. The van der Waals surface area contributed by atoms with Crippen molar-refractivity contribution in [1.82, 2.24) is 10.3 Å². The first kappa shape index (κ1) is 16.3. The number of hydrogen-bond donors (Lipinski definition) is 2. The lowest BCUT2D eigenvalue weighted by Gasteiger charge is -2.13. The summed E-state index contributed by atoms with van der Waals surface area (Å²) in [7, 11) is 0. The largest absolute Gasteiger partial charge is 0.480 e. The second kappa shape index (κ2) is 6.60. The van der Waals surface area contributed by atoms with Gasteiger partial charge in [0.25, 0.3) is 0 Å². The van der Waals surface area contributed by atoms with Crippen LogP contribution in [0, 0.1) is 0 Å². The Morgan fingerprint density at radius 2 is 2.10 bits per heavy atom. The molecule has 0 aliphatic carbocycles. The summed E-state index contributed by atoms with van der Waals surface area (Å²) in [6, 6.07) is 2.17. The van der Waals surface area contributed by atoms with Crippen molar-refractivity contribution in [3.63, 3.8) is 0 Å². The van der Waals surface area contributed by atoms with Gasteiger partial charge in [-0.3, -0.25) is 4.79 Å². The zero-order valence-corrected chi connectivity index (χ0v) is 11.1. The van der Waals surface area contributed by atoms with E-state index in [0.717, 1.165) is 24.8 Å². The Balaban J connectivity index is 2.73. The number of nitrogens with zero attached hydrogens (tertiary/aromatic N) is 1. The van der Waals surface area contributed by atoms with Gasteiger partial charge >= 0.3 is 12.1 Å². The molecule has 0 saturated heterocycles. The predicted octanol–water partition coefficient (Wildman–Crippen LogP) is 1.78. The zero-order chi connectivity index (χ0) is 15.3. The minimum absolute atomic E-state index is 0.0384. The Morgan fingerprint density at radius 3 is 2.60 bits per heavy atom. The number of carboxylic acid groups (broad SMARTS) is 1. The van der Waals surface area contributed by atoms with Gasteiger partial charge in [0, 0.05) is 12.7 Å². The van der Waals surface area contributed by atoms with E-state index in [1.165, 1.54) is 12.1 Å². The molecule has 1 aromatic rings. The maximum absolute atomic E-state index is 12.4. The number of pyridine rings is 1. The number of thioether (sulfide) groups is 1. The Kier molecular flexibility index (Phi) is 5.37. The first-order valence-electron chi connectivity index (χ1n) is 5.37. The predicted molar refractivity (Wildman–Crippen MR) is 65.2 cm³/mol. The van der Waals surface area contributed by atoms with Crippen molar-refractivity contribution < 1.29 is 27.9 Å². The van der Waals surface area contributed by atoms with Crippen LogP contribution in [0.25, 0.3) is 0 Å². The van der Waals surface area contributed by atoms with Crippen LogP contribution in [0.4, 0.5) is 13.2 Å². The summed E-state index contributed by atoms with van der Waals surface area (Å²) in [5.41, 5.74) is -1.05. The topological polar surface area (TPSA) is 79.3 Å². The van der Waals surface area contributed by atoms with E-state index in [2.05, 4.69) is 10.3 Å². The van der Waals surface area contributed by atoms with E-state index in [1.807, 2.05) is 0 Å². The number of aromatic nitrogens is 1. The van der Waals surface area contributed by atoms with Gasteiger partial charge in [-0.1, -0.05) is 6.07 Å². The molecular weight excluding hydrogens is 297 g/mol. The van der Waals surface area contributed by atoms with Gasteiger partial charge in [-0.15, -0.1) is 11.8 Å². The molecule has 0 aromatic carbocycles. The van der Waals surface area contributed by atoms with Crippen molar-refractivity contribution in [2.75, 3.05) is 5.75 Å². The molecule has 20 heavy (non-hydrogen) atoms. The van der Waals surface area contributed by atoms with Gasteiger partial charge in [0.15, 0.2) is 0 Å². The monoisotopic (exact) mass is 308 g/mol. The molecule has 0 aliphatic rings. The number of carbonyl (C=O) groups excluding carboxylic acids is 1. The Hall–Kier alpha value is -1.77. The van der Waals surface area contributed by atoms with Crippen LogP contribution < -0.4 is 5.32 Å². The van der Waals surface area contributed by atoms with E-state index in [1.54, 1.807) is 0 Å². The van der Waals surface area contributed by atoms with E-state index in [-0.39, 0.29) is 10.8 Å². The number of nitrogens with one attached hydrogen (secondary N) is 1. The summed E-state index contributed by atoms with van der Waals surface area (Å²) in [5, 5.41) is 11.1. The second-order valence-electron chi connectivity index (χ2n) is 3.76. The molecule has 0 saturated carbocycles. The van der Waals surface area contributed by atoms with Gasteiger partial charge < -0.3 is 10.4 Å². The first-order valence-corrected chi connectivity index (χ1v) is 6.35. The van der Waals surface area contributed by atoms with E-state index in [4.69, 9.17) is 5.11 Å². The lowest BCUT2D eigenvalue weighted by molar-refractivity contribution is -0.142. The molecule has 0 radical (unpaired) electrons. The fourth-order valence-corrected chi connectivity index (χ4v) is 2.14. The number of carboxylic acids is 1. The third-order valence-electron chi connectivity index (χ3n) is 2.09. The minimum atomic E-state index is -4.56. The van der Waals surface area contributed by atoms with E-state index < -0.39 is 29.8 Å². The average Bonchev–Trinajstić information content (AvgIpc) is 2.33. The highest BCUT2D eigenvalue weighted by atomic mass is 32.2. The Morgan fingerprint density at radius 1 is 1.45 bits per heavy atom. The quantitative estimate of drug-likeness (QED) is 0.811. The maximum atomic E-state index is 12.4. The molecule has 0 spiro atoms. The van der Waals surface area contributed by atoms with Crippen molar-refractivity contribution in [3.8, 4) is 0 Å². The van der Waals surface area contributed by atoms with Crippen LogP contribution in [0.3, 0.4) is 0 Å². The van der Waals surface area contributed by atoms with Gasteiger partial charge in [-0.2, -0.15) is 13.2 Å². The van der Waals surface area contributed by atoms with E-state index in [0.29, 0.717) is 0 Å². The van der Waals surface area contributed by atoms with E-state index >= 15 is 0 Å². The van der Waals surface area contributed by atoms with Crippen molar-refractivity contribution in [2.45, 2.75) is 24.2 Å². The SMILES string of the molecule is CC(=O)NC(CSc1cccc(C(F)(F)F)n1)C(=O)O. The zero-order valence-electron chi connectivity index (χ0n) is 10.3. The van der Waals surface area contributed by atoms with Gasteiger partial charge in [-0.25, -0.2) is 9.78 Å². The Bertz CT molecular complexity index is 508. The minimum Gasteiger partial charge on any atom is -0.480 e. The van der Waals surface area contributed by atoms with Crippen molar-refractivity contribution in [2.24, 2.45) is 0 Å². The molecule has 1 aromatic heterocycles. The number of alkyl halides is 3. The molecule has 1 atom stereocenters. The van der Waals surface area contributed by atoms with Crippen LogP contribution in [0.15, 0.2) is 23.2 Å². The lowest BCUT2D eigenvalue weighted by atomic mass is 10.3. The molecule has 2 N–H and O–H groups in total. The summed E-state index contributed by atoms with van der Waals surface area (Å²) in [4.78, 5) is 25.0.